The molecule has 0 aliphatic heterocycles. The second-order valence-corrected chi connectivity index (χ2v) is 6.15. The second kappa shape index (κ2) is 7.91. The van der Waals surface area contributed by atoms with Crippen molar-refractivity contribution >= 4 is 22.8 Å². The smallest absolute Gasteiger partial charge is 0.336 e. The molecule has 3 N–H and O–H groups in total. The highest BCUT2D eigenvalue weighted by Gasteiger charge is 2.11. The third-order valence-corrected chi connectivity index (χ3v) is 4.18. The number of amides is 2. The zero-order valence-corrected chi connectivity index (χ0v) is 15.0. The van der Waals surface area contributed by atoms with Crippen LogP contribution in [0.2, 0.25) is 0 Å². The summed E-state index contributed by atoms with van der Waals surface area (Å²) in [5.74, 6) is -1.48. The van der Waals surface area contributed by atoms with E-state index in [-0.39, 0.29) is 12.5 Å². The van der Waals surface area contributed by atoms with Gasteiger partial charge < -0.3 is 15.2 Å². The van der Waals surface area contributed by atoms with E-state index < -0.39 is 23.1 Å². The maximum absolute atomic E-state index is 13.2. The lowest BCUT2D eigenvalue weighted by molar-refractivity contribution is 0.0953. The number of fused-ring (bicyclic) bond motifs is 1. The summed E-state index contributed by atoms with van der Waals surface area (Å²) >= 11 is 0. The lowest BCUT2D eigenvalue weighted by atomic mass is 10.1. The van der Waals surface area contributed by atoms with Crippen LogP contribution in [-0.4, -0.2) is 39.1 Å². The molecule has 2 heterocycles. The molecule has 0 fully saturated rings. The van der Waals surface area contributed by atoms with Gasteiger partial charge in [0.15, 0.2) is 0 Å². The summed E-state index contributed by atoms with van der Waals surface area (Å²) in [5.41, 5.74) is -0.759. The van der Waals surface area contributed by atoms with Gasteiger partial charge in [-0.1, -0.05) is 6.07 Å². The van der Waals surface area contributed by atoms with Gasteiger partial charge in [0.05, 0.1) is 6.20 Å². The Labute approximate surface area is 157 Å². The number of carbonyl (C=O) groups excluding carboxylic acids is 2. The number of aromatic amines is 1. The van der Waals surface area contributed by atoms with Gasteiger partial charge in [-0.3, -0.25) is 14.6 Å². The number of halogens is 1. The van der Waals surface area contributed by atoms with Crippen molar-refractivity contribution in [2.45, 2.75) is 6.42 Å². The van der Waals surface area contributed by atoms with Crippen molar-refractivity contribution in [2.24, 2.45) is 7.05 Å². The van der Waals surface area contributed by atoms with Crippen molar-refractivity contribution < 1.29 is 14.0 Å². The van der Waals surface area contributed by atoms with Gasteiger partial charge in [-0.05, 0) is 30.0 Å². The van der Waals surface area contributed by atoms with E-state index in [9.17, 15) is 23.6 Å². The average molecular weight is 387 g/mol. The Balaban J connectivity index is 1.49. The minimum absolute atomic E-state index is 0.142. The Morgan fingerprint density at radius 2 is 1.89 bits per heavy atom. The summed E-state index contributed by atoms with van der Waals surface area (Å²) in [4.78, 5) is 48.2. The molecule has 0 aliphatic carbocycles. The normalized spacial score (nSPS) is 10.8. The van der Waals surface area contributed by atoms with E-state index in [0.717, 1.165) is 10.9 Å². The SMILES string of the molecule is Cn1ccc2ccc(C(=O)NCCCNC(=O)n3cc(F)c(=O)[nH]c3=O)cc21. The van der Waals surface area contributed by atoms with E-state index >= 15 is 0 Å². The molecule has 9 nitrogen and oxygen atoms in total. The summed E-state index contributed by atoms with van der Waals surface area (Å²) < 4.78 is 15.5. The van der Waals surface area contributed by atoms with Crippen molar-refractivity contribution in [3.8, 4) is 0 Å². The van der Waals surface area contributed by atoms with Gasteiger partial charge in [0.25, 0.3) is 11.5 Å². The first-order valence-electron chi connectivity index (χ1n) is 8.50. The highest BCUT2D eigenvalue weighted by molar-refractivity contribution is 5.98. The Kier molecular flexibility index (Phi) is 5.39. The number of aryl methyl sites for hydroxylation is 1. The van der Waals surface area contributed by atoms with Crippen molar-refractivity contribution in [2.75, 3.05) is 13.1 Å². The van der Waals surface area contributed by atoms with Gasteiger partial charge in [-0.2, -0.15) is 4.39 Å². The molecule has 2 amide bonds. The monoisotopic (exact) mass is 387 g/mol. The molecule has 3 aromatic rings. The molecule has 0 spiro atoms. The Bertz CT molecular complexity index is 1160. The Morgan fingerprint density at radius 3 is 2.68 bits per heavy atom. The number of benzene rings is 1. The molecule has 146 valence electrons. The van der Waals surface area contributed by atoms with Gasteiger partial charge in [0, 0.05) is 37.4 Å². The molecule has 0 atom stereocenters. The van der Waals surface area contributed by atoms with Crippen LogP contribution in [0.15, 0.2) is 46.2 Å². The summed E-state index contributed by atoms with van der Waals surface area (Å²) in [6, 6.07) is 6.48. The third kappa shape index (κ3) is 4.00. The van der Waals surface area contributed by atoms with E-state index in [1.54, 1.807) is 17.1 Å². The first-order chi connectivity index (χ1) is 13.4. The number of hydrogen-bond acceptors (Lipinski definition) is 4. The lowest BCUT2D eigenvalue weighted by Crippen LogP contribution is -2.41. The number of nitrogens with zero attached hydrogens (tertiary/aromatic N) is 2. The van der Waals surface area contributed by atoms with Crippen LogP contribution in [-0.2, 0) is 7.05 Å². The Morgan fingerprint density at radius 1 is 1.14 bits per heavy atom. The fourth-order valence-electron chi connectivity index (χ4n) is 2.68. The van der Waals surface area contributed by atoms with E-state index in [0.29, 0.717) is 29.3 Å². The fourth-order valence-corrected chi connectivity index (χ4v) is 2.68. The molecule has 3 rings (SSSR count). The van der Waals surface area contributed by atoms with Gasteiger partial charge in [-0.15, -0.1) is 0 Å². The van der Waals surface area contributed by atoms with Gasteiger partial charge in [0.1, 0.15) is 0 Å². The molecule has 0 bridgehead atoms. The van der Waals surface area contributed by atoms with Gasteiger partial charge in [-0.25, -0.2) is 14.2 Å². The van der Waals surface area contributed by atoms with E-state index in [1.165, 1.54) is 0 Å². The molecule has 0 radical (unpaired) electrons. The standard InChI is InChI=1S/C18H18FN5O4/c1-23-8-5-11-3-4-12(9-14(11)23)15(25)20-6-2-7-21-17(27)24-10-13(19)16(26)22-18(24)28/h3-5,8-10H,2,6-7H2,1H3,(H,20,25)(H,21,27)(H,22,26,28). The van der Waals surface area contributed by atoms with Crippen molar-refractivity contribution in [1.82, 2.24) is 24.8 Å². The van der Waals surface area contributed by atoms with Crippen LogP contribution < -0.4 is 21.9 Å². The molecule has 10 heteroatoms. The molecule has 28 heavy (non-hydrogen) atoms. The first-order valence-corrected chi connectivity index (χ1v) is 8.50. The minimum atomic E-state index is -1.24. The lowest BCUT2D eigenvalue weighted by Gasteiger charge is -2.08. The van der Waals surface area contributed by atoms with Crippen molar-refractivity contribution in [3.05, 3.63) is 68.9 Å². The van der Waals surface area contributed by atoms with Crippen LogP contribution in [0.3, 0.4) is 0 Å². The largest absolute Gasteiger partial charge is 0.352 e. The fraction of sp³-hybridized carbons (Fsp3) is 0.222. The van der Waals surface area contributed by atoms with Crippen LogP contribution >= 0.6 is 0 Å². The highest BCUT2D eigenvalue weighted by Crippen LogP contribution is 2.16. The topological polar surface area (TPSA) is 118 Å². The van der Waals surface area contributed by atoms with Gasteiger partial charge >= 0.3 is 11.7 Å². The molecular formula is C18H18FN5O4. The maximum atomic E-state index is 13.2. The number of aromatic nitrogens is 3. The van der Waals surface area contributed by atoms with E-state index in [2.05, 4.69) is 10.6 Å². The molecule has 1 aromatic carbocycles. The first kappa shape index (κ1) is 19.1. The van der Waals surface area contributed by atoms with Crippen LogP contribution in [0.4, 0.5) is 9.18 Å². The third-order valence-electron chi connectivity index (χ3n) is 4.18. The Hall–Kier alpha value is -3.69. The van der Waals surface area contributed by atoms with Crippen LogP contribution in [0.1, 0.15) is 16.8 Å². The number of carbonyl (C=O) groups is 2. The molecular weight excluding hydrogens is 369 g/mol. The average Bonchev–Trinajstić information content (AvgIpc) is 3.04. The van der Waals surface area contributed by atoms with Gasteiger partial charge in [0.2, 0.25) is 5.82 Å². The van der Waals surface area contributed by atoms with E-state index in [4.69, 9.17) is 0 Å². The predicted octanol–water partition coefficient (Wildman–Crippen LogP) is 0.545. The van der Waals surface area contributed by atoms with E-state index in [1.807, 2.05) is 29.9 Å². The summed E-state index contributed by atoms with van der Waals surface area (Å²) in [6.45, 7) is 0.433. The quantitative estimate of drug-likeness (QED) is 0.554. The maximum Gasteiger partial charge on any atom is 0.336 e. The van der Waals surface area contributed by atoms with Crippen LogP contribution in [0, 0.1) is 5.82 Å². The second-order valence-electron chi connectivity index (χ2n) is 6.15. The zero-order chi connectivity index (χ0) is 20.3. The molecule has 0 saturated carbocycles. The predicted molar refractivity (Wildman–Crippen MR) is 99.9 cm³/mol. The number of rotatable bonds is 5. The highest BCUT2D eigenvalue weighted by atomic mass is 19.1. The van der Waals surface area contributed by atoms with Crippen molar-refractivity contribution in [3.63, 3.8) is 0 Å². The van der Waals surface area contributed by atoms with Crippen LogP contribution in [0.25, 0.3) is 10.9 Å². The number of H-pyrrole nitrogens is 1. The summed E-state index contributed by atoms with van der Waals surface area (Å²) in [5, 5.41) is 6.19. The molecule has 0 saturated heterocycles. The molecule has 0 aliphatic rings. The minimum Gasteiger partial charge on any atom is -0.352 e. The molecule has 2 aromatic heterocycles. The molecule has 0 unspecified atom stereocenters. The zero-order valence-electron chi connectivity index (χ0n) is 15.0. The number of nitrogens with one attached hydrogen (secondary N) is 3. The summed E-state index contributed by atoms with van der Waals surface area (Å²) in [7, 11) is 1.90. The number of hydrogen-bond donors (Lipinski definition) is 3. The summed E-state index contributed by atoms with van der Waals surface area (Å²) in [6.07, 6.45) is 2.83. The van der Waals surface area contributed by atoms with Crippen LogP contribution in [0.5, 0.6) is 0 Å². The van der Waals surface area contributed by atoms with Crippen molar-refractivity contribution in [1.29, 1.82) is 0 Å².